The van der Waals surface area contributed by atoms with Gasteiger partial charge in [0.1, 0.15) is 11.5 Å². The summed E-state index contributed by atoms with van der Waals surface area (Å²) in [5.74, 6) is 0.948. The van der Waals surface area contributed by atoms with Crippen LogP contribution in [0.3, 0.4) is 0 Å². The van der Waals surface area contributed by atoms with Crippen LogP contribution in [0.15, 0.2) is 48.5 Å². The number of rotatable bonds is 12. The van der Waals surface area contributed by atoms with Crippen LogP contribution in [0.25, 0.3) is 0 Å². The van der Waals surface area contributed by atoms with Crippen LogP contribution in [-0.4, -0.2) is 39.1 Å². The standard InChI is InChI=1S/C23H30N2O4/c1-28-20-14-8-6-12-18(20)22(26)24-16-10-4-3-5-11-17-25-23(27)19-13-7-9-15-21(19)29-2/h6-9,12-15H,3-5,10-11,16-17H2,1-2H3,(H,24,26)(H,25,27). The monoisotopic (exact) mass is 398 g/mol. The number of unbranched alkanes of at least 4 members (excludes halogenated alkanes) is 4. The molecule has 6 heteroatoms. The highest BCUT2D eigenvalue weighted by atomic mass is 16.5. The number of ether oxygens (including phenoxy) is 2. The van der Waals surface area contributed by atoms with Crippen molar-refractivity contribution >= 4 is 11.8 Å². The van der Waals surface area contributed by atoms with E-state index in [1.54, 1.807) is 38.5 Å². The van der Waals surface area contributed by atoms with Crippen molar-refractivity contribution in [2.45, 2.75) is 32.1 Å². The molecule has 0 radical (unpaired) electrons. The Bertz CT molecular complexity index is 726. The number of hydrogen-bond acceptors (Lipinski definition) is 4. The van der Waals surface area contributed by atoms with E-state index in [2.05, 4.69) is 10.6 Å². The SMILES string of the molecule is COc1ccccc1C(=O)NCCCCCCCNC(=O)c1ccccc1OC. The molecule has 156 valence electrons. The summed E-state index contributed by atoms with van der Waals surface area (Å²) in [6.45, 7) is 1.28. The zero-order chi connectivity index (χ0) is 20.9. The van der Waals surface area contributed by atoms with E-state index >= 15 is 0 Å². The minimum Gasteiger partial charge on any atom is -0.496 e. The average Bonchev–Trinajstić information content (AvgIpc) is 2.77. The maximum Gasteiger partial charge on any atom is 0.255 e. The van der Waals surface area contributed by atoms with Crippen LogP contribution in [0, 0.1) is 0 Å². The van der Waals surface area contributed by atoms with Crippen molar-refractivity contribution in [3.63, 3.8) is 0 Å². The van der Waals surface area contributed by atoms with Gasteiger partial charge in [-0.3, -0.25) is 9.59 Å². The summed E-state index contributed by atoms with van der Waals surface area (Å²) in [7, 11) is 3.12. The van der Waals surface area contributed by atoms with Crippen molar-refractivity contribution in [3.05, 3.63) is 59.7 Å². The molecule has 0 unspecified atom stereocenters. The van der Waals surface area contributed by atoms with Crippen molar-refractivity contribution in [3.8, 4) is 11.5 Å². The fraction of sp³-hybridized carbons (Fsp3) is 0.391. The normalized spacial score (nSPS) is 10.3. The molecule has 2 amide bonds. The van der Waals surface area contributed by atoms with Crippen molar-refractivity contribution in [2.75, 3.05) is 27.3 Å². The summed E-state index contributed by atoms with van der Waals surface area (Å²) < 4.78 is 10.4. The molecule has 0 bridgehead atoms. The Labute approximate surface area is 172 Å². The number of nitrogens with one attached hydrogen (secondary N) is 2. The van der Waals surface area contributed by atoms with Gasteiger partial charge in [-0.2, -0.15) is 0 Å². The van der Waals surface area contributed by atoms with Gasteiger partial charge in [-0.1, -0.05) is 43.5 Å². The minimum atomic E-state index is -0.110. The van der Waals surface area contributed by atoms with E-state index in [4.69, 9.17) is 9.47 Å². The Balaban J connectivity index is 1.54. The predicted octanol–water partition coefficient (Wildman–Crippen LogP) is 3.81. The highest BCUT2D eigenvalue weighted by molar-refractivity contribution is 5.97. The molecule has 0 fully saturated rings. The van der Waals surface area contributed by atoms with Gasteiger partial charge in [-0.05, 0) is 37.1 Å². The predicted molar refractivity (Wildman–Crippen MR) is 114 cm³/mol. The van der Waals surface area contributed by atoms with E-state index in [1.807, 2.05) is 24.3 Å². The molecule has 2 aromatic carbocycles. The second-order valence-electron chi connectivity index (χ2n) is 6.68. The maximum atomic E-state index is 12.2. The van der Waals surface area contributed by atoms with Crippen molar-refractivity contribution in [2.24, 2.45) is 0 Å². The molecule has 0 spiro atoms. The molecule has 29 heavy (non-hydrogen) atoms. The van der Waals surface area contributed by atoms with Crippen LogP contribution >= 0.6 is 0 Å². The quantitative estimate of drug-likeness (QED) is 0.533. The van der Waals surface area contributed by atoms with Crippen LogP contribution in [-0.2, 0) is 0 Å². The smallest absolute Gasteiger partial charge is 0.255 e. The number of carbonyl (C=O) groups is 2. The highest BCUT2D eigenvalue weighted by Gasteiger charge is 2.11. The molecule has 2 aromatic rings. The number of amides is 2. The number of hydrogen-bond donors (Lipinski definition) is 2. The first-order chi connectivity index (χ1) is 14.2. The van der Waals surface area contributed by atoms with Crippen molar-refractivity contribution in [1.82, 2.24) is 10.6 Å². The molecule has 6 nitrogen and oxygen atoms in total. The Morgan fingerprint density at radius 3 is 1.45 bits per heavy atom. The second-order valence-corrected chi connectivity index (χ2v) is 6.68. The van der Waals surface area contributed by atoms with Gasteiger partial charge in [0.15, 0.2) is 0 Å². The summed E-state index contributed by atoms with van der Waals surface area (Å²) in [4.78, 5) is 24.4. The van der Waals surface area contributed by atoms with Gasteiger partial charge >= 0.3 is 0 Å². The molecule has 0 saturated carbocycles. The molecular formula is C23H30N2O4. The zero-order valence-corrected chi connectivity index (χ0v) is 17.2. The molecule has 2 rings (SSSR count). The van der Waals surface area contributed by atoms with Gasteiger partial charge in [0.05, 0.1) is 25.3 Å². The molecule has 0 atom stereocenters. The van der Waals surface area contributed by atoms with Gasteiger partial charge in [-0.15, -0.1) is 0 Å². The number of benzene rings is 2. The summed E-state index contributed by atoms with van der Waals surface area (Å²) in [5, 5.41) is 5.86. The Kier molecular flexibility index (Phi) is 9.55. The van der Waals surface area contributed by atoms with Crippen LogP contribution in [0.5, 0.6) is 11.5 Å². The summed E-state index contributed by atoms with van der Waals surface area (Å²) in [6.07, 6.45) is 4.98. The lowest BCUT2D eigenvalue weighted by molar-refractivity contribution is 0.0942. The minimum absolute atomic E-state index is 0.110. The average molecular weight is 399 g/mol. The third-order valence-corrected chi connectivity index (χ3v) is 4.63. The first kappa shape index (κ1) is 22.3. The lowest BCUT2D eigenvalue weighted by Crippen LogP contribution is -2.25. The van der Waals surface area contributed by atoms with Crippen molar-refractivity contribution < 1.29 is 19.1 Å². The van der Waals surface area contributed by atoms with E-state index in [1.165, 1.54) is 0 Å². The highest BCUT2D eigenvalue weighted by Crippen LogP contribution is 2.17. The fourth-order valence-corrected chi connectivity index (χ4v) is 3.04. The lowest BCUT2D eigenvalue weighted by Gasteiger charge is -2.09. The van der Waals surface area contributed by atoms with Crippen LogP contribution < -0.4 is 20.1 Å². The zero-order valence-electron chi connectivity index (χ0n) is 17.2. The molecular weight excluding hydrogens is 368 g/mol. The van der Waals surface area contributed by atoms with Gasteiger partial charge in [-0.25, -0.2) is 0 Å². The third kappa shape index (κ3) is 7.14. The fourth-order valence-electron chi connectivity index (χ4n) is 3.04. The van der Waals surface area contributed by atoms with Gasteiger partial charge < -0.3 is 20.1 Å². The molecule has 0 aliphatic carbocycles. The molecule has 0 saturated heterocycles. The van der Waals surface area contributed by atoms with Gasteiger partial charge in [0, 0.05) is 13.1 Å². The molecule has 0 aromatic heterocycles. The first-order valence-electron chi connectivity index (χ1n) is 9.99. The number of carbonyl (C=O) groups excluding carboxylic acids is 2. The van der Waals surface area contributed by atoms with Gasteiger partial charge in [0.2, 0.25) is 0 Å². The van der Waals surface area contributed by atoms with Gasteiger partial charge in [0.25, 0.3) is 11.8 Å². The van der Waals surface area contributed by atoms with E-state index in [-0.39, 0.29) is 11.8 Å². The Morgan fingerprint density at radius 1 is 0.655 bits per heavy atom. The number of methoxy groups -OCH3 is 2. The second kappa shape index (κ2) is 12.4. The lowest BCUT2D eigenvalue weighted by atomic mass is 10.1. The largest absolute Gasteiger partial charge is 0.496 e. The topological polar surface area (TPSA) is 76.7 Å². The van der Waals surface area contributed by atoms with E-state index in [0.29, 0.717) is 35.7 Å². The van der Waals surface area contributed by atoms with Crippen LogP contribution in [0.2, 0.25) is 0 Å². The van der Waals surface area contributed by atoms with Crippen LogP contribution in [0.4, 0.5) is 0 Å². The molecule has 0 aliphatic rings. The first-order valence-corrected chi connectivity index (χ1v) is 9.99. The van der Waals surface area contributed by atoms with E-state index < -0.39 is 0 Å². The van der Waals surface area contributed by atoms with E-state index in [0.717, 1.165) is 32.1 Å². The molecule has 0 aliphatic heterocycles. The summed E-state index contributed by atoms with van der Waals surface area (Å²) in [6, 6.07) is 14.4. The Hall–Kier alpha value is -3.02. The summed E-state index contributed by atoms with van der Waals surface area (Å²) in [5.41, 5.74) is 1.11. The van der Waals surface area contributed by atoms with Crippen molar-refractivity contribution in [1.29, 1.82) is 0 Å². The Morgan fingerprint density at radius 2 is 1.03 bits per heavy atom. The maximum absolute atomic E-state index is 12.2. The summed E-state index contributed by atoms with van der Waals surface area (Å²) >= 11 is 0. The van der Waals surface area contributed by atoms with Crippen LogP contribution in [0.1, 0.15) is 52.8 Å². The van der Waals surface area contributed by atoms with E-state index in [9.17, 15) is 9.59 Å². The molecule has 2 N–H and O–H groups in total. The number of para-hydroxylation sites is 2. The third-order valence-electron chi connectivity index (χ3n) is 4.63. The molecule has 0 heterocycles.